The molecule has 1 amide bonds. The van der Waals surface area contributed by atoms with Crippen LogP contribution in [0.5, 0.6) is 5.75 Å². The van der Waals surface area contributed by atoms with Gasteiger partial charge >= 0.3 is 0 Å². The van der Waals surface area contributed by atoms with Crippen molar-refractivity contribution in [1.29, 1.82) is 0 Å². The summed E-state index contributed by atoms with van der Waals surface area (Å²) >= 11 is 3.39. The molecular formula is C13H17BrN2O3. The fourth-order valence-corrected chi connectivity index (χ4v) is 2.37. The Balaban J connectivity index is 1.81. The van der Waals surface area contributed by atoms with Gasteiger partial charge < -0.3 is 15.2 Å². The van der Waals surface area contributed by atoms with Gasteiger partial charge in [0.2, 0.25) is 5.91 Å². The van der Waals surface area contributed by atoms with E-state index < -0.39 is 0 Å². The molecule has 2 rings (SSSR count). The second-order valence-corrected chi connectivity index (χ2v) is 5.38. The number of primary amides is 1. The summed E-state index contributed by atoms with van der Waals surface area (Å²) in [7, 11) is 0. The van der Waals surface area contributed by atoms with Crippen molar-refractivity contribution in [1.82, 2.24) is 4.90 Å². The molecule has 0 radical (unpaired) electrons. The zero-order valence-electron chi connectivity index (χ0n) is 10.5. The van der Waals surface area contributed by atoms with Crippen molar-refractivity contribution in [3.05, 3.63) is 28.7 Å². The standard InChI is InChI=1S/C13H17BrN2O3/c14-10-2-1-3-11(6-10)19-9-12-7-16(4-5-18-12)8-13(15)17/h1-3,6,12H,4-5,7-9H2,(H2,15,17). The molecule has 0 bridgehead atoms. The zero-order chi connectivity index (χ0) is 13.7. The topological polar surface area (TPSA) is 64.8 Å². The van der Waals surface area contributed by atoms with Crippen LogP contribution in [0, 0.1) is 0 Å². The maximum absolute atomic E-state index is 10.9. The van der Waals surface area contributed by atoms with Crippen molar-refractivity contribution >= 4 is 21.8 Å². The van der Waals surface area contributed by atoms with Gasteiger partial charge in [0.05, 0.1) is 13.2 Å². The van der Waals surface area contributed by atoms with Gasteiger partial charge in [-0.1, -0.05) is 22.0 Å². The number of ether oxygens (including phenoxy) is 2. The third-order valence-corrected chi connectivity index (χ3v) is 3.33. The van der Waals surface area contributed by atoms with Crippen molar-refractivity contribution in [2.75, 3.05) is 32.8 Å². The number of rotatable bonds is 5. The zero-order valence-corrected chi connectivity index (χ0v) is 12.1. The van der Waals surface area contributed by atoms with E-state index in [1.807, 2.05) is 29.2 Å². The second-order valence-electron chi connectivity index (χ2n) is 4.46. The van der Waals surface area contributed by atoms with E-state index in [-0.39, 0.29) is 18.6 Å². The van der Waals surface area contributed by atoms with Crippen molar-refractivity contribution in [3.63, 3.8) is 0 Å². The number of hydrogen-bond acceptors (Lipinski definition) is 4. The quantitative estimate of drug-likeness (QED) is 0.876. The largest absolute Gasteiger partial charge is 0.491 e. The number of hydrogen-bond donors (Lipinski definition) is 1. The van der Waals surface area contributed by atoms with Crippen LogP contribution < -0.4 is 10.5 Å². The van der Waals surface area contributed by atoms with Crippen LogP contribution >= 0.6 is 15.9 Å². The Labute approximate surface area is 120 Å². The minimum atomic E-state index is -0.312. The summed E-state index contributed by atoms with van der Waals surface area (Å²) in [6.07, 6.45) is -0.0351. The minimum Gasteiger partial charge on any atom is -0.491 e. The monoisotopic (exact) mass is 328 g/mol. The first-order valence-corrected chi connectivity index (χ1v) is 6.93. The summed E-state index contributed by atoms with van der Waals surface area (Å²) in [5.41, 5.74) is 5.19. The molecule has 1 atom stereocenters. The molecular weight excluding hydrogens is 312 g/mol. The van der Waals surface area contributed by atoms with Gasteiger partial charge in [-0.05, 0) is 18.2 Å². The Hall–Kier alpha value is -1.11. The number of amides is 1. The summed E-state index contributed by atoms with van der Waals surface area (Å²) in [6.45, 7) is 2.73. The maximum Gasteiger partial charge on any atom is 0.231 e. The van der Waals surface area contributed by atoms with Crippen molar-refractivity contribution < 1.29 is 14.3 Å². The molecule has 104 valence electrons. The predicted molar refractivity (Wildman–Crippen MR) is 75.0 cm³/mol. The van der Waals surface area contributed by atoms with E-state index in [0.29, 0.717) is 19.8 Å². The summed E-state index contributed by atoms with van der Waals surface area (Å²) in [4.78, 5) is 12.9. The molecule has 1 fully saturated rings. The molecule has 2 N–H and O–H groups in total. The van der Waals surface area contributed by atoms with Crippen molar-refractivity contribution in [2.24, 2.45) is 5.73 Å². The van der Waals surface area contributed by atoms with Gasteiger partial charge in [0, 0.05) is 17.6 Å². The maximum atomic E-state index is 10.9. The average molecular weight is 329 g/mol. The number of nitrogens with two attached hydrogens (primary N) is 1. The fourth-order valence-electron chi connectivity index (χ4n) is 1.99. The Morgan fingerprint density at radius 3 is 3.16 bits per heavy atom. The highest BCUT2D eigenvalue weighted by Crippen LogP contribution is 2.18. The van der Waals surface area contributed by atoms with E-state index in [0.717, 1.165) is 16.8 Å². The highest BCUT2D eigenvalue weighted by Gasteiger charge is 2.21. The van der Waals surface area contributed by atoms with Gasteiger partial charge in [-0.15, -0.1) is 0 Å². The highest BCUT2D eigenvalue weighted by molar-refractivity contribution is 9.10. The van der Waals surface area contributed by atoms with Crippen LogP contribution in [-0.4, -0.2) is 49.8 Å². The first-order valence-electron chi connectivity index (χ1n) is 6.14. The lowest BCUT2D eigenvalue weighted by Crippen LogP contribution is -2.47. The third kappa shape index (κ3) is 4.81. The molecule has 1 aliphatic rings. The number of carbonyl (C=O) groups is 1. The average Bonchev–Trinajstić information content (AvgIpc) is 2.36. The molecule has 1 saturated heterocycles. The lowest BCUT2D eigenvalue weighted by atomic mass is 10.3. The second kappa shape index (κ2) is 6.88. The van der Waals surface area contributed by atoms with E-state index in [1.165, 1.54) is 0 Å². The normalized spacial score (nSPS) is 20.2. The molecule has 0 aliphatic carbocycles. The molecule has 1 aromatic rings. The van der Waals surface area contributed by atoms with Gasteiger partial charge in [-0.25, -0.2) is 0 Å². The fraction of sp³-hybridized carbons (Fsp3) is 0.462. The van der Waals surface area contributed by atoms with Crippen LogP contribution in [-0.2, 0) is 9.53 Å². The first kappa shape index (κ1) is 14.3. The number of nitrogens with zero attached hydrogens (tertiary/aromatic N) is 1. The van der Waals surface area contributed by atoms with E-state index in [1.54, 1.807) is 0 Å². The Bertz CT molecular complexity index is 442. The number of benzene rings is 1. The molecule has 19 heavy (non-hydrogen) atoms. The van der Waals surface area contributed by atoms with Crippen LogP contribution in [0.1, 0.15) is 0 Å². The van der Waals surface area contributed by atoms with Gasteiger partial charge in [0.1, 0.15) is 18.5 Å². The summed E-state index contributed by atoms with van der Waals surface area (Å²) in [6, 6.07) is 7.66. The van der Waals surface area contributed by atoms with Crippen LogP contribution in [0.15, 0.2) is 28.7 Å². The first-order chi connectivity index (χ1) is 9.13. The van der Waals surface area contributed by atoms with Gasteiger partial charge in [-0.2, -0.15) is 0 Å². The Morgan fingerprint density at radius 1 is 1.58 bits per heavy atom. The SMILES string of the molecule is NC(=O)CN1CCOC(COc2cccc(Br)c2)C1. The van der Waals surface area contributed by atoms with Crippen molar-refractivity contribution in [3.8, 4) is 5.75 Å². The Morgan fingerprint density at radius 2 is 2.42 bits per heavy atom. The molecule has 0 spiro atoms. The molecule has 1 aromatic carbocycles. The predicted octanol–water partition coefficient (Wildman–Crippen LogP) is 1.01. The number of halogens is 1. The molecule has 6 heteroatoms. The van der Waals surface area contributed by atoms with Gasteiger partial charge in [0.15, 0.2) is 0 Å². The molecule has 0 aromatic heterocycles. The molecule has 1 unspecified atom stereocenters. The van der Waals surface area contributed by atoms with E-state index in [4.69, 9.17) is 15.2 Å². The minimum absolute atomic E-state index is 0.0351. The molecule has 0 saturated carbocycles. The van der Waals surface area contributed by atoms with E-state index in [2.05, 4.69) is 15.9 Å². The number of morpholine rings is 1. The third-order valence-electron chi connectivity index (χ3n) is 2.83. The van der Waals surface area contributed by atoms with Gasteiger partial charge in [0.25, 0.3) is 0 Å². The highest BCUT2D eigenvalue weighted by atomic mass is 79.9. The van der Waals surface area contributed by atoms with Crippen LogP contribution in [0.4, 0.5) is 0 Å². The summed E-state index contributed by atoms with van der Waals surface area (Å²) in [5.74, 6) is 0.485. The van der Waals surface area contributed by atoms with Crippen LogP contribution in [0.2, 0.25) is 0 Å². The molecule has 1 heterocycles. The summed E-state index contributed by atoms with van der Waals surface area (Å²) < 4.78 is 12.3. The molecule has 1 aliphatic heterocycles. The van der Waals surface area contributed by atoms with Crippen LogP contribution in [0.25, 0.3) is 0 Å². The summed E-state index contributed by atoms with van der Waals surface area (Å²) in [5, 5.41) is 0. The van der Waals surface area contributed by atoms with E-state index in [9.17, 15) is 4.79 Å². The lowest BCUT2D eigenvalue weighted by molar-refractivity contribution is -0.121. The lowest BCUT2D eigenvalue weighted by Gasteiger charge is -2.31. The number of carbonyl (C=O) groups excluding carboxylic acids is 1. The Kier molecular flexibility index (Phi) is 5.18. The molecule has 5 nitrogen and oxygen atoms in total. The van der Waals surface area contributed by atoms with Gasteiger partial charge in [-0.3, -0.25) is 9.69 Å². The van der Waals surface area contributed by atoms with Crippen LogP contribution in [0.3, 0.4) is 0 Å². The smallest absolute Gasteiger partial charge is 0.231 e. The van der Waals surface area contributed by atoms with E-state index >= 15 is 0 Å². The van der Waals surface area contributed by atoms with Crippen molar-refractivity contribution in [2.45, 2.75) is 6.10 Å².